The number of hydrogen-bond donors (Lipinski definition) is 1. The Bertz CT molecular complexity index is 955. The molecule has 5 unspecified atom stereocenters. The maximum Gasteiger partial charge on any atom is 0.280 e. The van der Waals surface area contributed by atoms with Crippen LogP contribution in [-0.4, -0.2) is 49.2 Å². The van der Waals surface area contributed by atoms with Crippen LogP contribution in [0.2, 0.25) is 0 Å². The molecule has 3 aliphatic carbocycles. The van der Waals surface area contributed by atoms with E-state index >= 15 is 0 Å². The molecule has 1 aliphatic heterocycles. The lowest BCUT2D eigenvalue weighted by Gasteiger charge is -2.28. The number of rotatable bonds is 3. The van der Waals surface area contributed by atoms with Gasteiger partial charge in [-0.1, -0.05) is 0 Å². The van der Waals surface area contributed by atoms with E-state index in [1.165, 1.54) is 12.1 Å². The second-order valence-electron chi connectivity index (χ2n) is 8.57. The van der Waals surface area contributed by atoms with Crippen LogP contribution < -0.4 is 0 Å². The predicted molar refractivity (Wildman–Crippen MR) is 90.5 cm³/mol. The lowest BCUT2D eigenvalue weighted by molar-refractivity contribution is 0.0398. The van der Waals surface area contributed by atoms with Crippen molar-refractivity contribution in [3.8, 4) is 0 Å². The highest BCUT2D eigenvalue weighted by Crippen LogP contribution is 2.55. The molecule has 2 aromatic rings. The SMILES string of the molecule is O=C(c1cc2nc(C3CC3)cc(C(F)F)n2n1)N1CC2CC3CC2C1C3O. The number of alkyl halides is 2. The molecule has 3 heterocycles. The van der Waals surface area contributed by atoms with Crippen molar-refractivity contribution in [3.63, 3.8) is 0 Å². The highest BCUT2D eigenvalue weighted by molar-refractivity contribution is 5.94. The smallest absolute Gasteiger partial charge is 0.280 e. The quantitative estimate of drug-likeness (QED) is 0.896. The van der Waals surface area contributed by atoms with E-state index in [9.17, 15) is 18.7 Å². The van der Waals surface area contributed by atoms with Crippen molar-refractivity contribution < 1.29 is 18.7 Å². The molecule has 5 atom stereocenters. The first-order chi connectivity index (χ1) is 13.0. The van der Waals surface area contributed by atoms with Gasteiger partial charge in [0.15, 0.2) is 11.3 Å². The van der Waals surface area contributed by atoms with Gasteiger partial charge in [-0.25, -0.2) is 18.3 Å². The number of aliphatic hydroxyl groups excluding tert-OH is 1. The summed E-state index contributed by atoms with van der Waals surface area (Å²) in [5, 5.41) is 14.7. The van der Waals surface area contributed by atoms with Crippen molar-refractivity contribution in [2.24, 2.45) is 17.8 Å². The number of likely N-dealkylation sites (tertiary alicyclic amines) is 1. The molecule has 142 valence electrons. The molecule has 1 amide bonds. The first-order valence-corrected chi connectivity index (χ1v) is 9.69. The van der Waals surface area contributed by atoms with E-state index < -0.39 is 12.5 Å². The molecule has 0 spiro atoms. The molecule has 8 heteroatoms. The Hall–Kier alpha value is -2.09. The Balaban J connectivity index is 1.39. The van der Waals surface area contributed by atoms with Gasteiger partial charge in [0.1, 0.15) is 5.69 Å². The second-order valence-corrected chi connectivity index (χ2v) is 8.57. The summed E-state index contributed by atoms with van der Waals surface area (Å²) in [5.74, 6) is 1.05. The van der Waals surface area contributed by atoms with Crippen molar-refractivity contribution in [2.75, 3.05) is 6.54 Å². The van der Waals surface area contributed by atoms with E-state index in [4.69, 9.17) is 0 Å². The summed E-state index contributed by atoms with van der Waals surface area (Å²) in [4.78, 5) is 19.3. The van der Waals surface area contributed by atoms with Gasteiger partial charge in [0.25, 0.3) is 12.3 Å². The number of aromatic nitrogens is 3. The Morgan fingerprint density at radius 3 is 2.74 bits per heavy atom. The predicted octanol–water partition coefficient (Wildman–Crippen LogP) is 2.39. The average Bonchev–Trinajstić information content (AvgIpc) is 3.03. The molecule has 0 aromatic carbocycles. The Kier molecular flexibility index (Phi) is 3.09. The van der Waals surface area contributed by atoms with Crippen LogP contribution >= 0.6 is 0 Å². The molecule has 6 rings (SSSR count). The van der Waals surface area contributed by atoms with Crippen LogP contribution in [0.4, 0.5) is 8.78 Å². The summed E-state index contributed by atoms with van der Waals surface area (Å²) in [6, 6.07) is 2.77. The van der Waals surface area contributed by atoms with E-state index in [-0.39, 0.29) is 35.2 Å². The standard InChI is InChI=1S/C19H20F2N4O2/c20-18(21)14-5-12(8-1-2-8)22-15-6-13(23-25(14)15)19(27)24-7-10-3-9-4-11(10)16(24)17(9)26/h5-6,8-11,16-18,26H,1-4,7H2. The van der Waals surface area contributed by atoms with Crippen LogP contribution in [-0.2, 0) is 0 Å². The van der Waals surface area contributed by atoms with Crippen molar-refractivity contribution in [1.29, 1.82) is 0 Å². The van der Waals surface area contributed by atoms with Crippen LogP contribution in [0, 0.1) is 17.8 Å². The number of hydrogen-bond acceptors (Lipinski definition) is 4. The number of fused-ring (bicyclic) bond motifs is 2. The maximum atomic E-state index is 13.5. The molecule has 4 aliphatic rings. The molecule has 4 fully saturated rings. The average molecular weight is 374 g/mol. The lowest BCUT2D eigenvalue weighted by Crippen LogP contribution is -2.43. The number of nitrogens with zero attached hydrogens (tertiary/aromatic N) is 4. The van der Waals surface area contributed by atoms with Gasteiger partial charge >= 0.3 is 0 Å². The van der Waals surface area contributed by atoms with E-state index in [2.05, 4.69) is 10.1 Å². The van der Waals surface area contributed by atoms with Crippen LogP contribution in [0.3, 0.4) is 0 Å². The third kappa shape index (κ3) is 2.16. The molecule has 2 aromatic heterocycles. The fraction of sp³-hybridized carbons (Fsp3) is 0.632. The molecule has 1 N–H and O–H groups in total. The Morgan fingerprint density at radius 1 is 1.22 bits per heavy atom. The minimum Gasteiger partial charge on any atom is -0.391 e. The van der Waals surface area contributed by atoms with Gasteiger partial charge in [-0.3, -0.25) is 4.79 Å². The van der Waals surface area contributed by atoms with Gasteiger partial charge in [0.2, 0.25) is 0 Å². The maximum absolute atomic E-state index is 13.5. The summed E-state index contributed by atoms with van der Waals surface area (Å²) in [6.45, 7) is 0.623. The molecule has 2 bridgehead atoms. The van der Waals surface area contributed by atoms with Crippen LogP contribution in [0.25, 0.3) is 5.65 Å². The van der Waals surface area contributed by atoms with Crippen LogP contribution in [0.1, 0.15) is 59.9 Å². The van der Waals surface area contributed by atoms with Crippen LogP contribution in [0.15, 0.2) is 12.1 Å². The third-order valence-electron chi connectivity index (χ3n) is 7.02. The number of amides is 1. The zero-order valence-corrected chi connectivity index (χ0v) is 14.6. The van der Waals surface area contributed by atoms with E-state index in [0.29, 0.717) is 29.7 Å². The highest BCUT2D eigenvalue weighted by atomic mass is 19.3. The van der Waals surface area contributed by atoms with Gasteiger partial charge in [-0.2, -0.15) is 5.10 Å². The third-order valence-corrected chi connectivity index (χ3v) is 7.02. The molecule has 27 heavy (non-hydrogen) atoms. The summed E-state index contributed by atoms with van der Waals surface area (Å²) >= 11 is 0. The van der Waals surface area contributed by atoms with Crippen molar-refractivity contribution in [1.82, 2.24) is 19.5 Å². The Morgan fingerprint density at radius 2 is 2.04 bits per heavy atom. The fourth-order valence-corrected chi connectivity index (χ4v) is 5.66. The molecule has 3 saturated carbocycles. The summed E-state index contributed by atoms with van der Waals surface area (Å²) in [5.41, 5.74) is 0.868. The molecule has 6 nitrogen and oxygen atoms in total. The van der Waals surface area contributed by atoms with Gasteiger partial charge in [-0.05, 0) is 49.5 Å². The number of aliphatic hydroxyl groups is 1. The van der Waals surface area contributed by atoms with Gasteiger partial charge < -0.3 is 10.0 Å². The van der Waals surface area contributed by atoms with Gasteiger partial charge in [0, 0.05) is 24.2 Å². The molecule has 0 radical (unpaired) electrons. The van der Waals surface area contributed by atoms with E-state index in [1.54, 1.807) is 4.90 Å². The largest absolute Gasteiger partial charge is 0.391 e. The zero-order valence-electron chi connectivity index (χ0n) is 14.6. The number of halogens is 2. The topological polar surface area (TPSA) is 70.7 Å². The summed E-state index contributed by atoms with van der Waals surface area (Å²) in [7, 11) is 0. The van der Waals surface area contributed by atoms with Gasteiger partial charge in [0.05, 0.1) is 12.1 Å². The van der Waals surface area contributed by atoms with E-state index in [0.717, 1.165) is 30.2 Å². The molecular formula is C19H20F2N4O2. The molecular weight excluding hydrogens is 354 g/mol. The Labute approximate surface area is 154 Å². The fourth-order valence-electron chi connectivity index (χ4n) is 5.66. The highest BCUT2D eigenvalue weighted by Gasteiger charge is 2.60. The normalized spacial score (nSPS) is 34.4. The summed E-state index contributed by atoms with van der Waals surface area (Å²) < 4.78 is 28.2. The van der Waals surface area contributed by atoms with Crippen molar-refractivity contribution in [3.05, 3.63) is 29.2 Å². The first-order valence-electron chi connectivity index (χ1n) is 9.69. The minimum atomic E-state index is -2.68. The van der Waals surface area contributed by atoms with Crippen LogP contribution in [0.5, 0.6) is 0 Å². The zero-order chi connectivity index (χ0) is 18.4. The second kappa shape index (κ2) is 5.25. The van der Waals surface area contributed by atoms with Gasteiger partial charge in [-0.15, -0.1) is 0 Å². The molecule has 1 saturated heterocycles. The lowest BCUT2D eigenvalue weighted by atomic mass is 9.88. The number of carbonyl (C=O) groups excluding carboxylic acids is 1. The van der Waals surface area contributed by atoms with Crippen molar-refractivity contribution in [2.45, 2.75) is 50.2 Å². The number of carbonyl (C=O) groups is 1. The monoisotopic (exact) mass is 374 g/mol. The van der Waals surface area contributed by atoms with Crippen molar-refractivity contribution >= 4 is 11.6 Å². The first kappa shape index (κ1) is 15.9. The minimum absolute atomic E-state index is 0.134. The van der Waals surface area contributed by atoms with E-state index in [1.807, 2.05) is 0 Å². The summed E-state index contributed by atoms with van der Waals surface area (Å²) in [6.07, 6.45) is 0.709.